The third-order valence-corrected chi connectivity index (χ3v) is 7.82. The first-order valence-corrected chi connectivity index (χ1v) is 12.3. The van der Waals surface area contributed by atoms with Crippen LogP contribution in [0.2, 0.25) is 15.1 Å². The monoisotopic (exact) mass is 560 g/mol. The lowest BCUT2D eigenvalue weighted by molar-refractivity contribution is -0.116. The molecule has 3 aromatic carbocycles. The number of carbonyl (C=O) groups excluding carboxylic acids is 1. The first-order valence-electron chi connectivity index (χ1n) is 8.91. The van der Waals surface area contributed by atoms with Crippen molar-refractivity contribution in [3.8, 4) is 0 Å². The maximum absolute atomic E-state index is 13.3. The number of hydrogen-bond acceptors (Lipinski definition) is 3. The van der Waals surface area contributed by atoms with E-state index in [9.17, 15) is 13.2 Å². The van der Waals surface area contributed by atoms with Gasteiger partial charge in [-0.1, -0.05) is 75.0 Å². The van der Waals surface area contributed by atoms with Crippen LogP contribution in [0, 0.1) is 0 Å². The summed E-state index contributed by atoms with van der Waals surface area (Å²) in [5, 5.41) is 3.46. The molecule has 10 heteroatoms. The fourth-order valence-electron chi connectivity index (χ4n) is 2.75. The zero-order chi connectivity index (χ0) is 22.6. The quantitative estimate of drug-likeness (QED) is 0.371. The first-order chi connectivity index (χ1) is 14.7. The SMILES string of the molecule is O=C(CN(Cc1ccccc1Cl)S(=O)(=O)c1ccc(Br)cc1)Nc1cccc(Cl)c1Cl. The summed E-state index contributed by atoms with van der Waals surface area (Å²) >= 11 is 21.6. The summed E-state index contributed by atoms with van der Waals surface area (Å²) in [5.74, 6) is -0.572. The van der Waals surface area contributed by atoms with Gasteiger partial charge < -0.3 is 5.32 Å². The van der Waals surface area contributed by atoms with Gasteiger partial charge in [-0.15, -0.1) is 0 Å². The number of halogens is 4. The van der Waals surface area contributed by atoms with Crippen molar-refractivity contribution in [3.05, 3.63) is 91.8 Å². The smallest absolute Gasteiger partial charge is 0.243 e. The van der Waals surface area contributed by atoms with E-state index in [-0.39, 0.29) is 27.2 Å². The lowest BCUT2D eigenvalue weighted by Crippen LogP contribution is -2.37. The number of nitrogens with zero attached hydrogens (tertiary/aromatic N) is 1. The Hall–Kier alpha value is -1.61. The maximum Gasteiger partial charge on any atom is 0.243 e. The fourth-order valence-corrected chi connectivity index (χ4v) is 4.93. The highest BCUT2D eigenvalue weighted by Gasteiger charge is 2.28. The molecule has 31 heavy (non-hydrogen) atoms. The topological polar surface area (TPSA) is 66.5 Å². The van der Waals surface area contributed by atoms with Crippen molar-refractivity contribution in [1.82, 2.24) is 4.31 Å². The largest absolute Gasteiger partial charge is 0.324 e. The Morgan fingerprint density at radius 1 is 0.903 bits per heavy atom. The minimum absolute atomic E-state index is 0.0522. The van der Waals surface area contributed by atoms with Gasteiger partial charge in [-0.05, 0) is 48.0 Å². The van der Waals surface area contributed by atoms with Crippen LogP contribution in [0.1, 0.15) is 5.56 Å². The summed E-state index contributed by atoms with van der Waals surface area (Å²) in [4.78, 5) is 12.8. The summed E-state index contributed by atoms with van der Waals surface area (Å²) in [6.07, 6.45) is 0. The van der Waals surface area contributed by atoms with E-state index in [2.05, 4.69) is 21.2 Å². The van der Waals surface area contributed by atoms with Gasteiger partial charge >= 0.3 is 0 Å². The zero-order valence-corrected chi connectivity index (χ0v) is 20.5. The minimum atomic E-state index is -4.00. The minimum Gasteiger partial charge on any atom is -0.324 e. The predicted octanol–water partition coefficient (Wildman–Crippen LogP) is 6.24. The van der Waals surface area contributed by atoms with Gasteiger partial charge in [-0.25, -0.2) is 8.42 Å². The van der Waals surface area contributed by atoms with Crippen molar-refractivity contribution in [3.63, 3.8) is 0 Å². The number of anilines is 1. The Morgan fingerprint density at radius 2 is 1.55 bits per heavy atom. The second-order valence-electron chi connectivity index (χ2n) is 6.47. The Morgan fingerprint density at radius 3 is 2.23 bits per heavy atom. The van der Waals surface area contributed by atoms with E-state index >= 15 is 0 Å². The molecule has 3 aromatic rings. The predicted molar refractivity (Wildman–Crippen MR) is 128 cm³/mol. The average Bonchev–Trinajstić information content (AvgIpc) is 2.73. The molecule has 0 saturated carbocycles. The molecule has 0 aromatic heterocycles. The van der Waals surface area contributed by atoms with Crippen molar-refractivity contribution in [2.24, 2.45) is 0 Å². The molecule has 3 rings (SSSR count). The summed E-state index contributed by atoms with van der Waals surface area (Å²) in [7, 11) is -4.00. The molecule has 0 fully saturated rings. The molecule has 0 spiro atoms. The Balaban J connectivity index is 1.91. The van der Waals surface area contributed by atoms with Gasteiger partial charge in [0.25, 0.3) is 0 Å². The molecule has 0 bridgehead atoms. The van der Waals surface area contributed by atoms with Crippen molar-refractivity contribution in [1.29, 1.82) is 0 Å². The lowest BCUT2D eigenvalue weighted by Gasteiger charge is -2.22. The third kappa shape index (κ3) is 6.00. The number of carbonyl (C=O) groups is 1. The standard InChI is InChI=1S/C21H16BrCl3N2O3S/c22-15-8-10-16(11-9-15)31(29,30)27(12-14-4-1-2-5-17(14)23)13-20(28)26-19-7-3-6-18(24)21(19)25/h1-11H,12-13H2,(H,26,28). The number of sulfonamides is 1. The molecular formula is C21H16BrCl3N2O3S. The van der Waals surface area contributed by atoms with Gasteiger partial charge in [-0.3, -0.25) is 4.79 Å². The van der Waals surface area contributed by atoms with Crippen molar-refractivity contribution in [2.45, 2.75) is 11.4 Å². The number of nitrogens with one attached hydrogen (secondary N) is 1. The zero-order valence-electron chi connectivity index (χ0n) is 15.9. The number of amides is 1. The molecule has 0 aliphatic heterocycles. The van der Waals surface area contributed by atoms with E-state index in [1.54, 1.807) is 54.6 Å². The van der Waals surface area contributed by atoms with Crippen LogP contribution in [-0.2, 0) is 21.4 Å². The van der Waals surface area contributed by atoms with E-state index in [0.717, 1.165) is 8.78 Å². The summed E-state index contributed by atoms with van der Waals surface area (Å²) in [6, 6.07) is 17.8. The van der Waals surface area contributed by atoms with E-state index in [0.29, 0.717) is 10.6 Å². The highest BCUT2D eigenvalue weighted by atomic mass is 79.9. The molecule has 1 N–H and O–H groups in total. The summed E-state index contributed by atoms with van der Waals surface area (Å²) in [5.41, 5.74) is 0.858. The van der Waals surface area contributed by atoms with Crippen molar-refractivity contribution in [2.75, 3.05) is 11.9 Å². The van der Waals surface area contributed by atoms with Gasteiger partial charge in [0.05, 0.1) is 27.2 Å². The molecule has 0 unspecified atom stereocenters. The van der Waals surface area contributed by atoms with Gasteiger partial charge in [0.2, 0.25) is 15.9 Å². The molecular weight excluding hydrogens is 547 g/mol. The van der Waals surface area contributed by atoms with Crippen LogP contribution < -0.4 is 5.32 Å². The normalized spacial score (nSPS) is 11.5. The number of benzene rings is 3. The molecule has 0 aliphatic rings. The number of hydrogen-bond donors (Lipinski definition) is 1. The molecule has 0 radical (unpaired) electrons. The van der Waals surface area contributed by atoms with E-state index in [1.165, 1.54) is 12.1 Å². The average molecular weight is 563 g/mol. The van der Waals surface area contributed by atoms with Crippen LogP contribution in [-0.4, -0.2) is 25.2 Å². The second kappa shape index (κ2) is 10.3. The number of rotatable bonds is 7. The van der Waals surface area contributed by atoms with Gasteiger partial charge in [-0.2, -0.15) is 4.31 Å². The van der Waals surface area contributed by atoms with E-state index in [1.807, 2.05) is 0 Å². The first kappa shape index (κ1) is 24.0. The molecule has 0 atom stereocenters. The van der Waals surface area contributed by atoms with Crippen LogP contribution in [0.3, 0.4) is 0 Å². The van der Waals surface area contributed by atoms with Crippen molar-refractivity contribution < 1.29 is 13.2 Å². The van der Waals surface area contributed by atoms with Crippen LogP contribution in [0.25, 0.3) is 0 Å². The molecule has 162 valence electrons. The highest BCUT2D eigenvalue weighted by Crippen LogP contribution is 2.30. The Bertz CT molecular complexity index is 1200. The fraction of sp³-hybridized carbons (Fsp3) is 0.0952. The maximum atomic E-state index is 13.3. The van der Waals surface area contributed by atoms with E-state index in [4.69, 9.17) is 34.8 Å². The second-order valence-corrected chi connectivity index (χ2v) is 10.5. The van der Waals surface area contributed by atoms with Crippen molar-refractivity contribution >= 4 is 72.4 Å². The van der Waals surface area contributed by atoms with Crippen LogP contribution in [0.4, 0.5) is 5.69 Å². The molecule has 1 amide bonds. The molecule has 5 nitrogen and oxygen atoms in total. The van der Waals surface area contributed by atoms with E-state index < -0.39 is 22.5 Å². The summed E-state index contributed by atoms with van der Waals surface area (Å²) in [6.45, 7) is -0.540. The Labute approximate surface area is 204 Å². The van der Waals surface area contributed by atoms with Crippen LogP contribution >= 0.6 is 50.7 Å². The highest BCUT2D eigenvalue weighted by molar-refractivity contribution is 9.10. The Kier molecular flexibility index (Phi) is 8.02. The molecule has 0 heterocycles. The third-order valence-electron chi connectivity index (χ3n) is 4.30. The molecule has 0 aliphatic carbocycles. The van der Waals surface area contributed by atoms with Gasteiger partial charge in [0.15, 0.2) is 0 Å². The van der Waals surface area contributed by atoms with Gasteiger partial charge in [0.1, 0.15) is 0 Å². The summed E-state index contributed by atoms with van der Waals surface area (Å²) < 4.78 is 28.4. The molecule has 0 saturated heterocycles. The van der Waals surface area contributed by atoms with Gasteiger partial charge in [0, 0.05) is 16.0 Å². The van der Waals surface area contributed by atoms with Crippen LogP contribution in [0.5, 0.6) is 0 Å². The lowest BCUT2D eigenvalue weighted by atomic mass is 10.2. The van der Waals surface area contributed by atoms with Crippen LogP contribution in [0.15, 0.2) is 76.1 Å².